The van der Waals surface area contributed by atoms with Gasteiger partial charge < -0.3 is 9.84 Å². The van der Waals surface area contributed by atoms with Crippen LogP contribution in [0.2, 0.25) is 0 Å². The van der Waals surface area contributed by atoms with Crippen molar-refractivity contribution in [2.45, 2.75) is 103 Å². The highest BCUT2D eigenvalue weighted by molar-refractivity contribution is 5.84. The maximum Gasteiger partial charge on any atom is 0.305 e. The van der Waals surface area contributed by atoms with Crippen LogP contribution in [0.15, 0.2) is 12.2 Å². The summed E-state index contributed by atoms with van der Waals surface area (Å²) in [5.74, 6) is -0.255. The average Bonchev–Trinajstić information content (AvgIpc) is 2.59. The van der Waals surface area contributed by atoms with Crippen molar-refractivity contribution in [1.29, 1.82) is 0 Å². The molecule has 4 nitrogen and oxygen atoms in total. The lowest BCUT2D eigenvalue weighted by Crippen LogP contribution is -2.36. The van der Waals surface area contributed by atoms with Crippen molar-refractivity contribution in [3.05, 3.63) is 12.2 Å². The first-order chi connectivity index (χ1) is 12.0. The van der Waals surface area contributed by atoms with Crippen LogP contribution in [-0.4, -0.2) is 29.6 Å². The van der Waals surface area contributed by atoms with Crippen molar-refractivity contribution < 1.29 is 19.4 Å². The number of Topliss-reactive ketones (excluding diaryl/α,β-unsaturated/α-hetero) is 1. The van der Waals surface area contributed by atoms with Crippen molar-refractivity contribution in [2.75, 3.05) is 7.11 Å². The molecule has 0 bridgehead atoms. The number of esters is 1. The van der Waals surface area contributed by atoms with Crippen LogP contribution in [0.4, 0.5) is 0 Å². The average molecular weight is 355 g/mol. The lowest BCUT2D eigenvalue weighted by atomic mass is 9.88. The zero-order chi connectivity index (χ0) is 19.0. The topological polar surface area (TPSA) is 63.6 Å². The highest BCUT2D eigenvalue weighted by atomic mass is 16.5. The normalized spacial score (nSPS) is 13.8. The molecule has 0 fully saturated rings. The summed E-state index contributed by atoms with van der Waals surface area (Å²) in [6.07, 6.45) is 16.1. The first-order valence-corrected chi connectivity index (χ1v) is 9.91. The summed E-state index contributed by atoms with van der Waals surface area (Å²) in [6.45, 7) is 3.64. The minimum Gasteiger partial charge on any atom is -0.469 e. The first-order valence-electron chi connectivity index (χ1n) is 9.91. The van der Waals surface area contributed by atoms with Crippen LogP contribution in [0.1, 0.15) is 97.3 Å². The Bertz CT molecular complexity index is 389. The van der Waals surface area contributed by atoms with Gasteiger partial charge in [0.25, 0.3) is 0 Å². The maximum atomic E-state index is 11.7. The molecule has 0 spiro atoms. The minimum absolute atomic E-state index is 0.126. The predicted molar refractivity (Wildman–Crippen MR) is 102 cm³/mol. The molecule has 0 saturated heterocycles. The number of allylic oxidation sites excluding steroid dienone is 1. The Morgan fingerprint density at radius 2 is 1.60 bits per heavy atom. The molecule has 146 valence electrons. The van der Waals surface area contributed by atoms with Crippen molar-refractivity contribution in [3.8, 4) is 0 Å². The van der Waals surface area contributed by atoms with E-state index in [9.17, 15) is 14.7 Å². The third kappa shape index (κ3) is 12.8. The highest BCUT2D eigenvalue weighted by Crippen LogP contribution is 2.22. The molecule has 4 heteroatoms. The molecule has 25 heavy (non-hydrogen) atoms. The van der Waals surface area contributed by atoms with Crippen molar-refractivity contribution >= 4 is 11.8 Å². The van der Waals surface area contributed by atoms with Crippen LogP contribution >= 0.6 is 0 Å². The van der Waals surface area contributed by atoms with E-state index in [-0.39, 0.29) is 11.8 Å². The number of carbonyl (C=O) groups is 2. The van der Waals surface area contributed by atoms with Crippen molar-refractivity contribution in [2.24, 2.45) is 0 Å². The van der Waals surface area contributed by atoms with Gasteiger partial charge in [-0.3, -0.25) is 9.59 Å². The fraction of sp³-hybridized carbons (Fsp3) is 0.810. The van der Waals surface area contributed by atoms with E-state index in [0.717, 1.165) is 64.2 Å². The van der Waals surface area contributed by atoms with Gasteiger partial charge in [-0.05, 0) is 32.6 Å². The van der Waals surface area contributed by atoms with E-state index >= 15 is 0 Å². The van der Waals surface area contributed by atoms with E-state index in [1.165, 1.54) is 14.0 Å². The Kier molecular flexibility index (Phi) is 14.4. The molecule has 0 aromatic carbocycles. The van der Waals surface area contributed by atoms with Gasteiger partial charge in [-0.1, -0.05) is 64.0 Å². The van der Waals surface area contributed by atoms with Crippen LogP contribution in [-0.2, 0) is 14.3 Å². The van der Waals surface area contributed by atoms with E-state index in [0.29, 0.717) is 19.3 Å². The van der Waals surface area contributed by atoms with Crippen LogP contribution in [0, 0.1) is 0 Å². The van der Waals surface area contributed by atoms with Gasteiger partial charge in [0.1, 0.15) is 5.60 Å². The molecule has 0 aromatic heterocycles. The molecule has 0 aromatic rings. The van der Waals surface area contributed by atoms with Crippen molar-refractivity contribution in [3.63, 3.8) is 0 Å². The fourth-order valence-electron chi connectivity index (χ4n) is 2.83. The summed E-state index contributed by atoms with van der Waals surface area (Å²) < 4.78 is 4.61. The minimum atomic E-state index is -1.18. The summed E-state index contributed by atoms with van der Waals surface area (Å²) in [5.41, 5.74) is -1.18. The number of carbonyl (C=O) groups excluding carboxylic acids is 2. The van der Waals surface area contributed by atoms with E-state index < -0.39 is 5.60 Å². The van der Waals surface area contributed by atoms with E-state index in [2.05, 4.69) is 17.7 Å². The van der Waals surface area contributed by atoms with Gasteiger partial charge in [-0.15, -0.1) is 0 Å². The number of hydrogen-bond acceptors (Lipinski definition) is 4. The molecule has 0 unspecified atom stereocenters. The van der Waals surface area contributed by atoms with E-state index in [1.54, 1.807) is 0 Å². The molecular formula is C21H38O4. The Morgan fingerprint density at radius 1 is 0.960 bits per heavy atom. The molecule has 0 aliphatic carbocycles. The number of rotatable bonds is 16. The summed E-state index contributed by atoms with van der Waals surface area (Å²) in [7, 11) is 1.42. The van der Waals surface area contributed by atoms with Gasteiger partial charge in [-0.2, -0.15) is 0 Å². The molecule has 1 N–H and O–H groups in total. The number of unbranched alkanes of at least 4 members (excludes halogenated alkanes) is 8. The molecule has 0 heterocycles. The summed E-state index contributed by atoms with van der Waals surface area (Å²) in [6, 6.07) is 0. The second-order valence-corrected chi connectivity index (χ2v) is 6.96. The Balaban J connectivity index is 3.80. The van der Waals surface area contributed by atoms with Gasteiger partial charge >= 0.3 is 5.97 Å². The third-order valence-electron chi connectivity index (χ3n) is 4.70. The number of ketones is 1. The quantitative estimate of drug-likeness (QED) is 0.237. The van der Waals surface area contributed by atoms with Crippen LogP contribution in [0.3, 0.4) is 0 Å². The lowest BCUT2D eigenvalue weighted by molar-refractivity contribution is -0.140. The smallest absolute Gasteiger partial charge is 0.305 e. The Hall–Kier alpha value is -1.16. The summed E-state index contributed by atoms with van der Waals surface area (Å²) >= 11 is 0. The largest absolute Gasteiger partial charge is 0.469 e. The molecule has 1 atom stereocenters. The standard InChI is InChI=1S/C21H38O4/c1-4-5-6-14-17-21(24,19(2)22)18-15-12-10-8-7-9-11-13-16-20(23)25-3/h12,15,24H,4-11,13-14,16-18H2,1-3H3/b15-12-/t21-/m1/s1. The number of hydrogen-bond donors (Lipinski definition) is 1. The van der Waals surface area contributed by atoms with Crippen LogP contribution in [0.25, 0.3) is 0 Å². The van der Waals surface area contributed by atoms with Gasteiger partial charge in [0.2, 0.25) is 0 Å². The van der Waals surface area contributed by atoms with E-state index in [1.807, 2.05) is 6.08 Å². The Labute approximate surface area is 154 Å². The number of aliphatic hydroxyl groups is 1. The summed E-state index contributed by atoms with van der Waals surface area (Å²) in [5, 5.41) is 10.5. The van der Waals surface area contributed by atoms with E-state index in [4.69, 9.17) is 0 Å². The maximum absolute atomic E-state index is 11.7. The zero-order valence-electron chi connectivity index (χ0n) is 16.5. The molecule has 0 amide bonds. The zero-order valence-corrected chi connectivity index (χ0v) is 16.5. The van der Waals surface area contributed by atoms with Gasteiger partial charge in [0.15, 0.2) is 5.78 Å². The summed E-state index contributed by atoms with van der Waals surface area (Å²) in [4.78, 5) is 22.7. The molecular weight excluding hydrogens is 316 g/mol. The number of ether oxygens (including phenoxy) is 1. The molecule has 0 rings (SSSR count). The monoisotopic (exact) mass is 354 g/mol. The Morgan fingerprint density at radius 3 is 2.24 bits per heavy atom. The van der Waals surface area contributed by atoms with Gasteiger partial charge in [0, 0.05) is 12.8 Å². The molecule has 0 aliphatic heterocycles. The highest BCUT2D eigenvalue weighted by Gasteiger charge is 2.30. The first kappa shape index (κ1) is 23.8. The SMILES string of the molecule is CCCCCC[C@@](O)(C/C=C\CCCCCCCC(=O)OC)C(C)=O. The van der Waals surface area contributed by atoms with Crippen molar-refractivity contribution in [1.82, 2.24) is 0 Å². The van der Waals surface area contributed by atoms with Crippen LogP contribution in [0.5, 0.6) is 0 Å². The third-order valence-corrected chi connectivity index (χ3v) is 4.70. The predicted octanol–water partition coefficient (Wildman–Crippen LogP) is 5.13. The second-order valence-electron chi connectivity index (χ2n) is 6.96. The molecule has 0 aliphatic rings. The lowest BCUT2D eigenvalue weighted by Gasteiger charge is -2.23. The fourth-order valence-corrected chi connectivity index (χ4v) is 2.83. The molecule has 0 radical (unpaired) electrons. The van der Waals surface area contributed by atoms with Gasteiger partial charge in [0.05, 0.1) is 7.11 Å². The van der Waals surface area contributed by atoms with Gasteiger partial charge in [-0.25, -0.2) is 0 Å². The van der Waals surface area contributed by atoms with Crippen LogP contribution < -0.4 is 0 Å². The second kappa shape index (κ2) is 15.1. The molecule has 0 saturated carbocycles. The number of methoxy groups -OCH3 is 1.